The number of carbonyl (C=O) groups is 2. The molecule has 0 aliphatic rings. The van der Waals surface area contributed by atoms with Gasteiger partial charge in [0.15, 0.2) is 0 Å². The van der Waals surface area contributed by atoms with E-state index in [2.05, 4.69) is 0 Å². The Morgan fingerprint density at radius 1 is 0.892 bits per heavy atom. The minimum absolute atomic E-state index is 0.000585. The number of halogens is 1. The number of unbranched alkanes of at least 4 members (excludes halogenated alkanes) is 2. The average Bonchev–Trinajstić information content (AvgIpc) is 2.89. The van der Waals surface area contributed by atoms with Crippen LogP contribution < -0.4 is 4.74 Å². The maximum Gasteiger partial charge on any atom is 0.305 e. The van der Waals surface area contributed by atoms with Crippen LogP contribution in [0.25, 0.3) is 11.1 Å². The topological polar surface area (TPSA) is 55.8 Å². The van der Waals surface area contributed by atoms with E-state index in [1.807, 2.05) is 68.1 Å². The third-order valence-electron chi connectivity index (χ3n) is 6.02. The molecule has 3 aromatic carbocycles. The van der Waals surface area contributed by atoms with Crippen molar-refractivity contribution in [2.24, 2.45) is 0 Å². The summed E-state index contributed by atoms with van der Waals surface area (Å²) in [7, 11) is 0. The highest BCUT2D eigenvalue weighted by Crippen LogP contribution is 2.23. The summed E-state index contributed by atoms with van der Waals surface area (Å²) in [5.74, 6) is 0.263. The van der Waals surface area contributed by atoms with E-state index >= 15 is 0 Å². The molecule has 0 fully saturated rings. The molecule has 3 rings (SSSR count). The maximum atomic E-state index is 13.6. The second kappa shape index (κ2) is 14.2. The molecule has 196 valence electrons. The van der Waals surface area contributed by atoms with Crippen molar-refractivity contribution in [1.29, 1.82) is 0 Å². The number of benzene rings is 3. The molecule has 0 atom stereocenters. The number of hydrogen-bond donors (Lipinski definition) is 0. The number of hydrogen-bond acceptors (Lipinski definition) is 4. The molecule has 0 aliphatic heterocycles. The van der Waals surface area contributed by atoms with Gasteiger partial charge in [0.25, 0.3) is 5.91 Å². The molecule has 0 unspecified atom stereocenters. The summed E-state index contributed by atoms with van der Waals surface area (Å²) in [5.41, 5.74) is 3.20. The van der Waals surface area contributed by atoms with Crippen molar-refractivity contribution in [2.75, 3.05) is 13.2 Å². The van der Waals surface area contributed by atoms with Crippen LogP contribution in [0.3, 0.4) is 0 Å². The highest BCUT2D eigenvalue weighted by Gasteiger charge is 2.19. The Labute approximate surface area is 219 Å². The molecule has 37 heavy (non-hydrogen) atoms. The van der Waals surface area contributed by atoms with E-state index < -0.39 is 0 Å². The monoisotopic (exact) mass is 505 g/mol. The Hall–Kier alpha value is -3.67. The molecule has 0 bridgehead atoms. The third-order valence-corrected chi connectivity index (χ3v) is 6.02. The minimum atomic E-state index is -0.288. The van der Waals surface area contributed by atoms with Gasteiger partial charge in [-0.1, -0.05) is 36.4 Å². The zero-order chi connectivity index (χ0) is 26.6. The summed E-state index contributed by atoms with van der Waals surface area (Å²) in [6.07, 6.45) is 2.98. The highest BCUT2D eigenvalue weighted by atomic mass is 19.1. The fourth-order valence-corrected chi connectivity index (χ4v) is 4.03. The van der Waals surface area contributed by atoms with Crippen molar-refractivity contribution in [3.8, 4) is 16.9 Å². The number of rotatable bonds is 13. The quantitative estimate of drug-likeness (QED) is 0.185. The maximum absolute atomic E-state index is 13.6. The SMILES string of the molecule is CCOC(=O)CCCCCOc1cccc(CN(C(=O)c2ccc(-c3cccc(F)c3)cc2)C(C)C)c1. The van der Waals surface area contributed by atoms with Gasteiger partial charge in [0, 0.05) is 24.6 Å². The number of amides is 1. The molecule has 0 saturated carbocycles. The molecule has 3 aromatic rings. The van der Waals surface area contributed by atoms with Crippen LogP contribution in [-0.2, 0) is 16.1 Å². The van der Waals surface area contributed by atoms with Gasteiger partial charge in [-0.05, 0) is 93.1 Å². The van der Waals surface area contributed by atoms with E-state index in [9.17, 15) is 14.0 Å². The first-order valence-corrected chi connectivity index (χ1v) is 12.9. The molecular formula is C31H36FNO4. The highest BCUT2D eigenvalue weighted by molar-refractivity contribution is 5.95. The van der Waals surface area contributed by atoms with E-state index in [-0.39, 0.29) is 23.7 Å². The van der Waals surface area contributed by atoms with Gasteiger partial charge in [-0.25, -0.2) is 4.39 Å². The number of nitrogens with zero attached hydrogens (tertiary/aromatic N) is 1. The van der Waals surface area contributed by atoms with Crippen molar-refractivity contribution in [1.82, 2.24) is 4.90 Å². The molecule has 1 amide bonds. The van der Waals surface area contributed by atoms with Crippen LogP contribution in [-0.4, -0.2) is 36.0 Å². The van der Waals surface area contributed by atoms with Crippen LogP contribution in [0.1, 0.15) is 62.4 Å². The summed E-state index contributed by atoms with van der Waals surface area (Å²) in [5, 5.41) is 0. The molecule has 0 radical (unpaired) electrons. The largest absolute Gasteiger partial charge is 0.494 e. The normalized spacial score (nSPS) is 10.8. The summed E-state index contributed by atoms with van der Waals surface area (Å²) in [6.45, 7) is 7.24. The molecule has 0 spiro atoms. The standard InChI is InChI=1S/C31H36FNO4/c1-4-36-30(34)14-6-5-7-19-37-29-13-8-10-24(20-29)22-33(23(2)3)31(35)26-17-15-25(16-18-26)27-11-9-12-28(32)21-27/h8-13,15-18,20-21,23H,4-7,14,19,22H2,1-3H3. The van der Waals surface area contributed by atoms with Crippen LogP contribution >= 0.6 is 0 Å². The summed E-state index contributed by atoms with van der Waals surface area (Å²) in [6, 6.07) is 21.5. The van der Waals surface area contributed by atoms with E-state index in [0.717, 1.165) is 41.7 Å². The number of carbonyl (C=O) groups excluding carboxylic acids is 2. The van der Waals surface area contributed by atoms with Gasteiger partial charge >= 0.3 is 5.97 Å². The first-order chi connectivity index (χ1) is 17.9. The zero-order valence-corrected chi connectivity index (χ0v) is 21.9. The van der Waals surface area contributed by atoms with Crippen LogP contribution in [0.4, 0.5) is 4.39 Å². The summed E-state index contributed by atoms with van der Waals surface area (Å²) >= 11 is 0. The van der Waals surface area contributed by atoms with Gasteiger partial charge in [-0.3, -0.25) is 9.59 Å². The summed E-state index contributed by atoms with van der Waals surface area (Å²) < 4.78 is 24.4. The van der Waals surface area contributed by atoms with Gasteiger partial charge in [-0.15, -0.1) is 0 Å². The number of ether oxygens (including phenoxy) is 2. The second-order valence-electron chi connectivity index (χ2n) is 9.23. The molecule has 0 heterocycles. The van der Waals surface area contributed by atoms with Crippen LogP contribution in [0.5, 0.6) is 5.75 Å². The Balaban J connectivity index is 1.56. The van der Waals surface area contributed by atoms with E-state index in [1.165, 1.54) is 12.1 Å². The van der Waals surface area contributed by atoms with Gasteiger partial charge in [-0.2, -0.15) is 0 Å². The van der Waals surface area contributed by atoms with Gasteiger partial charge in [0.05, 0.1) is 13.2 Å². The Bertz CT molecular complexity index is 1160. The Morgan fingerprint density at radius 3 is 2.35 bits per heavy atom. The lowest BCUT2D eigenvalue weighted by Crippen LogP contribution is -2.36. The lowest BCUT2D eigenvalue weighted by Gasteiger charge is -2.27. The molecule has 0 aromatic heterocycles. The van der Waals surface area contributed by atoms with Crippen LogP contribution in [0.2, 0.25) is 0 Å². The zero-order valence-electron chi connectivity index (χ0n) is 21.9. The first-order valence-electron chi connectivity index (χ1n) is 12.9. The van der Waals surface area contributed by atoms with E-state index in [0.29, 0.717) is 31.7 Å². The van der Waals surface area contributed by atoms with Crippen molar-refractivity contribution >= 4 is 11.9 Å². The van der Waals surface area contributed by atoms with Crippen LogP contribution in [0.15, 0.2) is 72.8 Å². The third kappa shape index (κ3) is 8.74. The molecule has 0 aliphatic carbocycles. The summed E-state index contributed by atoms with van der Waals surface area (Å²) in [4.78, 5) is 26.6. The van der Waals surface area contributed by atoms with Gasteiger partial charge < -0.3 is 14.4 Å². The fraction of sp³-hybridized carbons (Fsp3) is 0.355. The second-order valence-corrected chi connectivity index (χ2v) is 9.23. The molecule has 6 heteroatoms. The Kier molecular flexibility index (Phi) is 10.7. The lowest BCUT2D eigenvalue weighted by atomic mass is 10.0. The smallest absolute Gasteiger partial charge is 0.305 e. The van der Waals surface area contributed by atoms with Crippen molar-refractivity contribution in [3.05, 3.63) is 89.7 Å². The van der Waals surface area contributed by atoms with Crippen molar-refractivity contribution in [3.63, 3.8) is 0 Å². The lowest BCUT2D eigenvalue weighted by molar-refractivity contribution is -0.143. The molecule has 0 saturated heterocycles. The Morgan fingerprint density at radius 2 is 1.65 bits per heavy atom. The molecular weight excluding hydrogens is 469 g/mol. The molecule has 5 nitrogen and oxygen atoms in total. The molecule has 0 N–H and O–H groups in total. The predicted octanol–water partition coefficient (Wildman–Crippen LogP) is 7.05. The minimum Gasteiger partial charge on any atom is -0.494 e. The first kappa shape index (κ1) is 27.9. The number of esters is 1. The van der Waals surface area contributed by atoms with Crippen molar-refractivity contribution in [2.45, 2.75) is 59.0 Å². The fourth-order valence-electron chi connectivity index (χ4n) is 4.03. The van der Waals surface area contributed by atoms with Gasteiger partial charge in [0.1, 0.15) is 11.6 Å². The van der Waals surface area contributed by atoms with Gasteiger partial charge in [0.2, 0.25) is 0 Å². The van der Waals surface area contributed by atoms with E-state index in [1.54, 1.807) is 18.2 Å². The van der Waals surface area contributed by atoms with E-state index in [4.69, 9.17) is 9.47 Å². The van der Waals surface area contributed by atoms with Crippen LogP contribution in [0, 0.1) is 5.82 Å². The predicted molar refractivity (Wildman–Crippen MR) is 144 cm³/mol. The van der Waals surface area contributed by atoms with Crippen molar-refractivity contribution < 1.29 is 23.5 Å². The average molecular weight is 506 g/mol.